The second kappa shape index (κ2) is 4.66. The first-order valence-electron chi connectivity index (χ1n) is 7.38. The zero-order valence-electron chi connectivity index (χ0n) is 11.9. The maximum atomic E-state index is 11.8. The van der Waals surface area contributed by atoms with Crippen molar-refractivity contribution in [3.05, 3.63) is 29.3 Å². The molecule has 19 heavy (non-hydrogen) atoms. The molecular formula is C17H22O2. The van der Waals surface area contributed by atoms with Crippen LogP contribution < -0.4 is 4.74 Å². The molecule has 0 saturated heterocycles. The molecule has 2 aliphatic carbocycles. The lowest BCUT2D eigenvalue weighted by atomic mass is 9.56. The molecule has 0 N–H and O–H groups in total. The number of methoxy groups -OCH3 is 1. The zero-order chi connectivity index (χ0) is 13.5. The highest BCUT2D eigenvalue weighted by molar-refractivity contribution is 5.80. The number of benzene rings is 1. The van der Waals surface area contributed by atoms with E-state index in [0.717, 1.165) is 37.9 Å². The Balaban J connectivity index is 2.10. The summed E-state index contributed by atoms with van der Waals surface area (Å²) in [5.41, 5.74) is 3.14. The Kier molecular flexibility index (Phi) is 3.12. The molecule has 0 aromatic heterocycles. The Labute approximate surface area is 115 Å². The molecule has 102 valence electrons. The molecule has 2 heteroatoms. The largest absolute Gasteiger partial charge is 0.497 e. The van der Waals surface area contributed by atoms with Gasteiger partial charge in [0, 0.05) is 12.8 Å². The van der Waals surface area contributed by atoms with E-state index in [4.69, 9.17) is 4.74 Å². The SMILES string of the molecule is CCC12CCC(=O)CC1CCc1ccc(OC)cc12. The van der Waals surface area contributed by atoms with Crippen LogP contribution in [0.15, 0.2) is 18.2 Å². The Bertz CT molecular complexity index is 506. The number of ether oxygens (including phenoxy) is 1. The average molecular weight is 258 g/mol. The van der Waals surface area contributed by atoms with Gasteiger partial charge in [0.05, 0.1) is 7.11 Å². The van der Waals surface area contributed by atoms with Gasteiger partial charge in [-0.3, -0.25) is 4.79 Å². The van der Waals surface area contributed by atoms with Crippen LogP contribution in [0.4, 0.5) is 0 Å². The van der Waals surface area contributed by atoms with Gasteiger partial charge in [0.2, 0.25) is 0 Å². The van der Waals surface area contributed by atoms with Gasteiger partial charge >= 0.3 is 0 Å². The molecule has 1 aromatic carbocycles. The summed E-state index contributed by atoms with van der Waals surface area (Å²) >= 11 is 0. The highest BCUT2D eigenvalue weighted by Crippen LogP contribution is 2.51. The van der Waals surface area contributed by atoms with E-state index in [2.05, 4.69) is 25.1 Å². The Morgan fingerprint density at radius 2 is 2.21 bits per heavy atom. The lowest BCUT2D eigenvalue weighted by Gasteiger charge is -2.48. The third-order valence-corrected chi connectivity index (χ3v) is 5.35. The molecule has 0 radical (unpaired) electrons. The van der Waals surface area contributed by atoms with Gasteiger partial charge in [0.1, 0.15) is 11.5 Å². The fraction of sp³-hybridized carbons (Fsp3) is 0.588. The number of Topliss-reactive ketones (excluding diaryl/α,β-unsaturated/α-hetero) is 1. The molecule has 0 spiro atoms. The molecule has 0 aliphatic heterocycles. The summed E-state index contributed by atoms with van der Waals surface area (Å²) in [6.45, 7) is 2.28. The molecule has 0 bridgehead atoms. The summed E-state index contributed by atoms with van der Waals surface area (Å²) in [6.07, 6.45) is 5.96. The Morgan fingerprint density at radius 1 is 1.37 bits per heavy atom. The van der Waals surface area contributed by atoms with E-state index in [1.165, 1.54) is 17.5 Å². The monoisotopic (exact) mass is 258 g/mol. The predicted octanol–water partition coefficient (Wildman–Crippen LogP) is 3.66. The van der Waals surface area contributed by atoms with Crippen LogP contribution in [0, 0.1) is 5.92 Å². The highest BCUT2D eigenvalue weighted by Gasteiger charge is 2.46. The molecular weight excluding hydrogens is 236 g/mol. The lowest BCUT2D eigenvalue weighted by molar-refractivity contribution is -0.123. The van der Waals surface area contributed by atoms with Crippen molar-refractivity contribution in [2.45, 2.75) is 50.9 Å². The van der Waals surface area contributed by atoms with Crippen molar-refractivity contribution in [1.82, 2.24) is 0 Å². The summed E-state index contributed by atoms with van der Waals surface area (Å²) in [7, 11) is 1.73. The standard InChI is InChI=1S/C17H22O2/c1-3-17-9-8-14(18)10-13(17)6-4-12-5-7-15(19-2)11-16(12)17/h5,7,11,13H,3-4,6,8-10H2,1-2H3. The lowest BCUT2D eigenvalue weighted by Crippen LogP contribution is -2.43. The summed E-state index contributed by atoms with van der Waals surface area (Å²) < 4.78 is 5.40. The minimum Gasteiger partial charge on any atom is -0.497 e. The first-order chi connectivity index (χ1) is 9.19. The van der Waals surface area contributed by atoms with E-state index >= 15 is 0 Å². The Morgan fingerprint density at radius 3 is 2.95 bits per heavy atom. The van der Waals surface area contributed by atoms with Gasteiger partial charge in [0.15, 0.2) is 0 Å². The molecule has 2 unspecified atom stereocenters. The molecule has 1 fully saturated rings. The van der Waals surface area contributed by atoms with Gasteiger partial charge in [-0.05, 0) is 60.3 Å². The normalized spacial score (nSPS) is 29.6. The van der Waals surface area contributed by atoms with E-state index in [9.17, 15) is 4.79 Å². The smallest absolute Gasteiger partial charge is 0.133 e. The molecule has 1 aromatic rings. The number of hydrogen-bond donors (Lipinski definition) is 0. The summed E-state index contributed by atoms with van der Waals surface area (Å²) in [5.74, 6) is 1.95. The molecule has 0 heterocycles. The first-order valence-corrected chi connectivity index (χ1v) is 7.38. The van der Waals surface area contributed by atoms with Gasteiger partial charge in [-0.15, -0.1) is 0 Å². The third-order valence-electron chi connectivity index (χ3n) is 5.35. The minimum atomic E-state index is 0.218. The van der Waals surface area contributed by atoms with Crippen LogP contribution in [-0.2, 0) is 16.6 Å². The number of carbonyl (C=O) groups excluding carboxylic acids is 1. The minimum absolute atomic E-state index is 0.218. The van der Waals surface area contributed by atoms with Crippen LogP contribution in [0.25, 0.3) is 0 Å². The summed E-state index contributed by atoms with van der Waals surface area (Å²) in [6, 6.07) is 6.51. The van der Waals surface area contributed by atoms with Gasteiger partial charge in [-0.1, -0.05) is 13.0 Å². The van der Waals surface area contributed by atoms with Crippen molar-refractivity contribution in [1.29, 1.82) is 0 Å². The number of rotatable bonds is 2. The van der Waals surface area contributed by atoms with Crippen LogP contribution in [0.3, 0.4) is 0 Å². The molecule has 2 nitrogen and oxygen atoms in total. The fourth-order valence-electron chi connectivity index (χ4n) is 4.22. The quantitative estimate of drug-likeness (QED) is 0.809. The van der Waals surface area contributed by atoms with Crippen molar-refractivity contribution >= 4 is 5.78 Å². The number of carbonyl (C=O) groups is 1. The summed E-state index contributed by atoms with van der Waals surface area (Å²) in [4.78, 5) is 11.8. The van der Waals surface area contributed by atoms with Crippen molar-refractivity contribution in [2.75, 3.05) is 7.11 Å². The molecule has 0 amide bonds. The maximum Gasteiger partial charge on any atom is 0.133 e. The number of hydrogen-bond acceptors (Lipinski definition) is 2. The third kappa shape index (κ3) is 1.89. The molecule has 2 aliphatic rings. The van der Waals surface area contributed by atoms with Crippen LogP contribution in [-0.4, -0.2) is 12.9 Å². The van der Waals surface area contributed by atoms with Crippen LogP contribution in [0.2, 0.25) is 0 Å². The summed E-state index contributed by atoms with van der Waals surface area (Å²) in [5, 5.41) is 0. The van der Waals surface area contributed by atoms with Crippen LogP contribution in [0.5, 0.6) is 5.75 Å². The van der Waals surface area contributed by atoms with Gasteiger partial charge < -0.3 is 4.74 Å². The van der Waals surface area contributed by atoms with Crippen molar-refractivity contribution in [2.24, 2.45) is 5.92 Å². The molecule has 3 rings (SSSR count). The number of aryl methyl sites for hydroxylation is 1. The van der Waals surface area contributed by atoms with Gasteiger partial charge in [-0.2, -0.15) is 0 Å². The molecule has 1 saturated carbocycles. The van der Waals surface area contributed by atoms with E-state index in [-0.39, 0.29) is 5.41 Å². The zero-order valence-corrected chi connectivity index (χ0v) is 11.9. The van der Waals surface area contributed by atoms with Gasteiger partial charge in [0.25, 0.3) is 0 Å². The second-order valence-electron chi connectivity index (χ2n) is 6.01. The van der Waals surface area contributed by atoms with Crippen LogP contribution >= 0.6 is 0 Å². The number of ketones is 1. The van der Waals surface area contributed by atoms with Crippen LogP contribution in [0.1, 0.15) is 50.2 Å². The highest BCUT2D eigenvalue weighted by atomic mass is 16.5. The number of fused-ring (bicyclic) bond motifs is 3. The Hall–Kier alpha value is -1.31. The first kappa shape index (κ1) is 12.7. The van der Waals surface area contributed by atoms with E-state index in [1.54, 1.807) is 7.11 Å². The van der Waals surface area contributed by atoms with E-state index < -0.39 is 0 Å². The van der Waals surface area contributed by atoms with Crippen molar-refractivity contribution in [3.8, 4) is 5.75 Å². The molecule has 2 atom stereocenters. The van der Waals surface area contributed by atoms with Crippen molar-refractivity contribution < 1.29 is 9.53 Å². The average Bonchev–Trinajstić information content (AvgIpc) is 2.46. The topological polar surface area (TPSA) is 26.3 Å². The van der Waals surface area contributed by atoms with E-state index in [0.29, 0.717) is 11.7 Å². The predicted molar refractivity (Wildman–Crippen MR) is 75.6 cm³/mol. The maximum absolute atomic E-state index is 11.8. The van der Waals surface area contributed by atoms with Gasteiger partial charge in [-0.25, -0.2) is 0 Å². The second-order valence-corrected chi connectivity index (χ2v) is 6.01. The van der Waals surface area contributed by atoms with Crippen molar-refractivity contribution in [3.63, 3.8) is 0 Å². The fourth-order valence-corrected chi connectivity index (χ4v) is 4.22. The van der Waals surface area contributed by atoms with E-state index in [1.807, 2.05) is 0 Å².